The standard InChI is InChI=1S/C7H16N2O2/c1-2-3-4-7(10)9-5-6-11-8/h2-6,8H2,1H3,(H,9,10). The summed E-state index contributed by atoms with van der Waals surface area (Å²) in [5.74, 6) is 4.84. The van der Waals surface area contributed by atoms with Gasteiger partial charge in [0.05, 0.1) is 6.61 Å². The number of carbonyl (C=O) groups is 1. The highest BCUT2D eigenvalue weighted by molar-refractivity contribution is 5.75. The summed E-state index contributed by atoms with van der Waals surface area (Å²) >= 11 is 0. The van der Waals surface area contributed by atoms with Crippen molar-refractivity contribution in [2.75, 3.05) is 13.2 Å². The molecule has 0 bridgehead atoms. The summed E-state index contributed by atoms with van der Waals surface area (Å²) in [6.45, 7) is 2.92. The van der Waals surface area contributed by atoms with Crippen LogP contribution in [-0.4, -0.2) is 19.1 Å². The second kappa shape index (κ2) is 7.50. The van der Waals surface area contributed by atoms with E-state index in [9.17, 15) is 4.79 Å². The first-order valence-electron chi connectivity index (χ1n) is 3.89. The number of hydrogen-bond acceptors (Lipinski definition) is 3. The Balaban J connectivity index is 3.09. The Morgan fingerprint density at radius 1 is 1.64 bits per heavy atom. The van der Waals surface area contributed by atoms with Gasteiger partial charge >= 0.3 is 0 Å². The Kier molecular flexibility index (Phi) is 7.08. The maximum absolute atomic E-state index is 10.9. The molecule has 66 valence electrons. The summed E-state index contributed by atoms with van der Waals surface area (Å²) in [6, 6.07) is 0. The van der Waals surface area contributed by atoms with E-state index in [4.69, 9.17) is 5.90 Å². The van der Waals surface area contributed by atoms with Crippen molar-refractivity contribution in [1.82, 2.24) is 5.32 Å². The normalized spacial score (nSPS) is 9.64. The van der Waals surface area contributed by atoms with Crippen LogP contribution >= 0.6 is 0 Å². The zero-order valence-electron chi connectivity index (χ0n) is 6.93. The molecular formula is C7H16N2O2. The van der Waals surface area contributed by atoms with Crippen molar-refractivity contribution in [2.24, 2.45) is 5.90 Å². The highest BCUT2D eigenvalue weighted by Crippen LogP contribution is 1.92. The number of rotatable bonds is 6. The second-order valence-corrected chi connectivity index (χ2v) is 2.32. The molecule has 0 fully saturated rings. The third-order valence-corrected chi connectivity index (χ3v) is 1.30. The summed E-state index contributed by atoms with van der Waals surface area (Å²) in [7, 11) is 0. The van der Waals surface area contributed by atoms with Crippen molar-refractivity contribution in [2.45, 2.75) is 26.2 Å². The Morgan fingerprint density at radius 3 is 2.91 bits per heavy atom. The van der Waals surface area contributed by atoms with Crippen LogP contribution in [0.5, 0.6) is 0 Å². The van der Waals surface area contributed by atoms with Gasteiger partial charge in [-0.1, -0.05) is 13.3 Å². The third-order valence-electron chi connectivity index (χ3n) is 1.30. The topological polar surface area (TPSA) is 64.3 Å². The average molecular weight is 160 g/mol. The summed E-state index contributed by atoms with van der Waals surface area (Å²) in [6.07, 6.45) is 2.58. The number of nitrogens with two attached hydrogens (primary N) is 1. The molecule has 0 rings (SSSR count). The second-order valence-electron chi connectivity index (χ2n) is 2.32. The minimum absolute atomic E-state index is 0.0731. The molecule has 0 saturated carbocycles. The predicted molar refractivity (Wildman–Crippen MR) is 42.7 cm³/mol. The van der Waals surface area contributed by atoms with E-state index in [0.717, 1.165) is 12.8 Å². The third kappa shape index (κ3) is 7.29. The highest BCUT2D eigenvalue weighted by Gasteiger charge is 1.97. The number of unbranched alkanes of at least 4 members (excludes halogenated alkanes) is 1. The molecule has 3 N–H and O–H groups in total. The van der Waals surface area contributed by atoms with Gasteiger partial charge in [-0.3, -0.25) is 4.79 Å². The van der Waals surface area contributed by atoms with E-state index in [1.54, 1.807) is 0 Å². The van der Waals surface area contributed by atoms with Gasteiger partial charge in [-0.2, -0.15) is 0 Å². The number of nitrogens with one attached hydrogen (secondary N) is 1. The fourth-order valence-electron chi connectivity index (χ4n) is 0.675. The Bertz CT molecular complexity index is 107. The van der Waals surface area contributed by atoms with Gasteiger partial charge in [0, 0.05) is 13.0 Å². The number of hydrogen-bond donors (Lipinski definition) is 2. The van der Waals surface area contributed by atoms with Crippen LogP contribution in [0.4, 0.5) is 0 Å². The summed E-state index contributed by atoms with van der Waals surface area (Å²) < 4.78 is 0. The zero-order chi connectivity index (χ0) is 8.53. The monoisotopic (exact) mass is 160 g/mol. The smallest absolute Gasteiger partial charge is 0.220 e. The van der Waals surface area contributed by atoms with Crippen molar-refractivity contribution in [1.29, 1.82) is 0 Å². The van der Waals surface area contributed by atoms with Crippen LogP contribution in [-0.2, 0) is 9.63 Å². The molecule has 4 nitrogen and oxygen atoms in total. The van der Waals surface area contributed by atoms with E-state index >= 15 is 0 Å². The van der Waals surface area contributed by atoms with Gasteiger partial charge < -0.3 is 10.2 Å². The number of amides is 1. The van der Waals surface area contributed by atoms with Gasteiger partial charge in [-0.05, 0) is 6.42 Å². The predicted octanol–water partition coefficient (Wildman–Crippen LogP) is 0.183. The lowest BCUT2D eigenvalue weighted by atomic mass is 10.2. The van der Waals surface area contributed by atoms with E-state index in [0.29, 0.717) is 19.6 Å². The van der Waals surface area contributed by atoms with Gasteiger partial charge in [0.25, 0.3) is 0 Å². The molecule has 1 amide bonds. The Morgan fingerprint density at radius 2 is 2.36 bits per heavy atom. The summed E-state index contributed by atoms with van der Waals surface area (Å²) in [4.78, 5) is 15.2. The van der Waals surface area contributed by atoms with Crippen molar-refractivity contribution in [3.8, 4) is 0 Å². The largest absolute Gasteiger partial charge is 0.354 e. The minimum atomic E-state index is 0.0731. The van der Waals surface area contributed by atoms with Crippen LogP contribution in [0, 0.1) is 0 Å². The van der Waals surface area contributed by atoms with Crippen LogP contribution in [0.15, 0.2) is 0 Å². The summed E-state index contributed by atoms with van der Waals surface area (Å²) in [5.41, 5.74) is 0. The van der Waals surface area contributed by atoms with E-state index in [2.05, 4.69) is 17.1 Å². The molecular weight excluding hydrogens is 144 g/mol. The first-order valence-corrected chi connectivity index (χ1v) is 3.89. The van der Waals surface area contributed by atoms with Crippen LogP contribution in [0.3, 0.4) is 0 Å². The van der Waals surface area contributed by atoms with Crippen molar-refractivity contribution < 1.29 is 9.63 Å². The quantitative estimate of drug-likeness (QED) is 0.430. The highest BCUT2D eigenvalue weighted by atomic mass is 16.6. The molecule has 0 aromatic carbocycles. The van der Waals surface area contributed by atoms with Crippen molar-refractivity contribution in [3.05, 3.63) is 0 Å². The molecule has 0 aliphatic carbocycles. The summed E-state index contributed by atoms with van der Waals surface area (Å²) in [5, 5.41) is 2.67. The lowest BCUT2D eigenvalue weighted by Gasteiger charge is -2.02. The van der Waals surface area contributed by atoms with Crippen LogP contribution in [0.1, 0.15) is 26.2 Å². The Labute approximate surface area is 67.0 Å². The first-order chi connectivity index (χ1) is 5.31. The first kappa shape index (κ1) is 10.4. The van der Waals surface area contributed by atoms with E-state index in [1.807, 2.05) is 0 Å². The number of carbonyl (C=O) groups excluding carboxylic acids is 1. The SMILES string of the molecule is CCCCC(=O)NCCON. The van der Waals surface area contributed by atoms with Gasteiger partial charge in [0.1, 0.15) is 0 Å². The van der Waals surface area contributed by atoms with Gasteiger partial charge in [0.15, 0.2) is 0 Å². The van der Waals surface area contributed by atoms with Crippen molar-refractivity contribution >= 4 is 5.91 Å². The zero-order valence-corrected chi connectivity index (χ0v) is 6.93. The Hall–Kier alpha value is -0.610. The van der Waals surface area contributed by atoms with E-state index in [1.165, 1.54) is 0 Å². The maximum Gasteiger partial charge on any atom is 0.220 e. The molecule has 0 radical (unpaired) electrons. The average Bonchev–Trinajstić information content (AvgIpc) is 2.01. The maximum atomic E-state index is 10.9. The molecule has 0 heterocycles. The molecule has 0 aliphatic rings. The van der Waals surface area contributed by atoms with Crippen LogP contribution in [0.25, 0.3) is 0 Å². The minimum Gasteiger partial charge on any atom is -0.354 e. The molecule has 0 spiro atoms. The molecule has 0 unspecified atom stereocenters. The fourth-order valence-corrected chi connectivity index (χ4v) is 0.675. The van der Waals surface area contributed by atoms with E-state index < -0.39 is 0 Å². The molecule has 0 aliphatic heterocycles. The fraction of sp³-hybridized carbons (Fsp3) is 0.857. The molecule has 0 atom stereocenters. The van der Waals surface area contributed by atoms with Gasteiger partial charge in [-0.15, -0.1) is 0 Å². The van der Waals surface area contributed by atoms with Crippen LogP contribution in [0.2, 0.25) is 0 Å². The van der Waals surface area contributed by atoms with Crippen molar-refractivity contribution in [3.63, 3.8) is 0 Å². The molecule has 0 aromatic rings. The molecule has 11 heavy (non-hydrogen) atoms. The van der Waals surface area contributed by atoms with Gasteiger partial charge in [-0.25, -0.2) is 5.90 Å². The molecule has 0 saturated heterocycles. The lowest BCUT2D eigenvalue weighted by molar-refractivity contribution is -0.121. The molecule has 0 aromatic heterocycles. The van der Waals surface area contributed by atoms with Gasteiger partial charge in [0.2, 0.25) is 5.91 Å². The molecule has 4 heteroatoms. The van der Waals surface area contributed by atoms with Crippen LogP contribution < -0.4 is 11.2 Å². The van der Waals surface area contributed by atoms with E-state index in [-0.39, 0.29) is 5.91 Å². The lowest BCUT2D eigenvalue weighted by Crippen LogP contribution is -2.27.